The molecule has 0 spiro atoms. The van der Waals surface area contributed by atoms with Crippen molar-refractivity contribution in [3.05, 3.63) is 62.9 Å². The van der Waals surface area contributed by atoms with Crippen LogP contribution in [-0.4, -0.2) is 20.6 Å². The van der Waals surface area contributed by atoms with E-state index in [0.717, 1.165) is 35.0 Å². The number of carbonyl (C=O) groups is 1. The zero-order chi connectivity index (χ0) is 22.6. The van der Waals surface area contributed by atoms with Gasteiger partial charge in [-0.2, -0.15) is 0 Å². The lowest BCUT2D eigenvalue weighted by Crippen LogP contribution is -2.32. The number of carbonyl (C=O) groups excluding carboxylic acids is 1. The molecular formula is C26H28N2O4. The fourth-order valence-corrected chi connectivity index (χ4v) is 5.03. The molecule has 1 aromatic carbocycles. The van der Waals surface area contributed by atoms with Gasteiger partial charge in [0.05, 0.1) is 35.4 Å². The number of nitrogens with zero attached hydrogens (tertiary/aromatic N) is 2. The Morgan fingerprint density at radius 1 is 1.22 bits per heavy atom. The van der Waals surface area contributed by atoms with Gasteiger partial charge in [0.25, 0.3) is 5.56 Å². The first-order valence-corrected chi connectivity index (χ1v) is 11.4. The summed E-state index contributed by atoms with van der Waals surface area (Å²) in [6.07, 6.45) is 2.13. The van der Waals surface area contributed by atoms with Crippen LogP contribution in [0, 0.1) is 5.92 Å². The minimum atomic E-state index is -1.42. The van der Waals surface area contributed by atoms with Crippen LogP contribution < -0.4 is 5.56 Å². The summed E-state index contributed by atoms with van der Waals surface area (Å²) in [4.78, 5) is 30.6. The molecule has 6 nitrogen and oxygen atoms in total. The Hall–Kier alpha value is -2.99. The van der Waals surface area contributed by atoms with Crippen LogP contribution in [0.2, 0.25) is 0 Å². The molecule has 0 bridgehead atoms. The van der Waals surface area contributed by atoms with Crippen molar-refractivity contribution in [3.8, 4) is 11.4 Å². The van der Waals surface area contributed by atoms with Gasteiger partial charge in [0.1, 0.15) is 12.2 Å². The molecule has 6 heteroatoms. The number of para-hydroxylation sites is 1. The van der Waals surface area contributed by atoms with Gasteiger partial charge < -0.3 is 14.4 Å². The molecule has 1 atom stereocenters. The zero-order valence-corrected chi connectivity index (χ0v) is 18.8. The molecule has 4 heterocycles. The van der Waals surface area contributed by atoms with Crippen molar-refractivity contribution in [2.45, 2.75) is 65.2 Å². The van der Waals surface area contributed by atoms with E-state index in [1.165, 1.54) is 5.56 Å². The number of ether oxygens (including phenoxy) is 1. The number of aromatic nitrogens is 2. The number of pyridine rings is 2. The number of fused-ring (bicyclic) bond motifs is 5. The van der Waals surface area contributed by atoms with Crippen LogP contribution in [0.15, 0.2) is 35.1 Å². The van der Waals surface area contributed by atoms with Gasteiger partial charge in [-0.3, -0.25) is 9.59 Å². The van der Waals surface area contributed by atoms with E-state index in [4.69, 9.17) is 9.72 Å². The predicted molar refractivity (Wildman–Crippen MR) is 122 cm³/mol. The summed E-state index contributed by atoms with van der Waals surface area (Å²) in [5.41, 5.74) is 3.98. The normalized spacial score (nSPS) is 19.5. The maximum atomic E-state index is 13.5. The molecule has 0 saturated heterocycles. The molecule has 3 aromatic rings. The quantitative estimate of drug-likeness (QED) is 0.492. The average molecular weight is 433 g/mol. The van der Waals surface area contributed by atoms with E-state index < -0.39 is 11.6 Å². The van der Waals surface area contributed by atoms with Crippen LogP contribution >= 0.6 is 0 Å². The number of benzene rings is 1. The molecule has 0 radical (unpaired) electrons. The van der Waals surface area contributed by atoms with E-state index in [1.807, 2.05) is 31.2 Å². The lowest BCUT2D eigenvalue weighted by molar-refractivity contribution is -0.149. The number of hydrogen-bond donors (Lipinski definition) is 1. The van der Waals surface area contributed by atoms with E-state index in [2.05, 4.69) is 19.9 Å². The van der Waals surface area contributed by atoms with Crippen molar-refractivity contribution in [2.24, 2.45) is 5.92 Å². The lowest BCUT2D eigenvalue weighted by atomic mass is 9.85. The molecule has 0 aliphatic carbocycles. The van der Waals surface area contributed by atoms with E-state index in [1.54, 1.807) is 4.57 Å². The topological polar surface area (TPSA) is 81.4 Å². The maximum absolute atomic E-state index is 13.5. The molecule has 32 heavy (non-hydrogen) atoms. The maximum Gasteiger partial charge on any atom is 0.309 e. The Morgan fingerprint density at radius 2 is 2.00 bits per heavy atom. The summed E-state index contributed by atoms with van der Waals surface area (Å²) in [5.74, 6) is 0.0741. The van der Waals surface area contributed by atoms with Gasteiger partial charge in [0.2, 0.25) is 0 Å². The van der Waals surface area contributed by atoms with Gasteiger partial charge in [0, 0.05) is 10.9 Å². The van der Waals surface area contributed by atoms with Gasteiger partial charge in [-0.15, -0.1) is 0 Å². The van der Waals surface area contributed by atoms with Crippen LogP contribution in [0.4, 0.5) is 0 Å². The molecule has 2 aromatic heterocycles. The molecule has 0 saturated carbocycles. The van der Waals surface area contributed by atoms with Crippen molar-refractivity contribution in [3.63, 3.8) is 0 Å². The van der Waals surface area contributed by atoms with Crippen molar-refractivity contribution in [2.75, 3.05) is 0 Å². The van der Waals surface area contributed by atoms with E-state index in [0.29, 0.717) is 35.7 Å². The summed E-state index contributed by atoms with van der Waals surface area (Å²) < 4.78 is 6.99. The molecule has 2 aliphatic rings. The Labute approximate surface area is 186 Å². The van der Waals surface area contributed by atoms with Gasteiger partial charge in [-0.25, -0.2) is 4.98 Å². The van der Waals surface area contributed by atoms with Crippen molar-refractivity contribution < 1.29 is 14.6 Å². The number of esters is 1. The third-order valence-electron chi connectivity index (χ3n) is 6.94. The van der Waals surface area contributed by atoms with E-state index in [9.17, 15) is 14.7 Å². The second-order valence-corrected chi connectivity index (χ2v) is 9.40. The zero-order valence-electron chi connectivity index (χ0n) is 18.8. The second kappa shape index (κ2) is 7.55. The first-order valence-electron chi connectivity index (χ1n) is 11.4. The van der Waals surface area contributed by atoms with Crippen molar-refractivity contribution in [1.29, 1.82) is 0 Å². The molecule has 2 aliphatic heterocycles. The molecule has 0 amide bonds. The second-order valence-electron chi connectivity index (χ2n) is 9.40. The highest BCUT2D eigenvalue weighted by Crippen LogP contribution is 2.40. The number of hydrogen-bond acceptors (Lipinski definition) is 5. The summed E-state index contributed by atoms with van der Waals surface area (Å²) in [7, 11) is 0. The highest BCUT2D eigenvalue weighted by molar-refractivity contribution is 5.88. The third kappa shape index (κ3) is 3.16. The Morgan fingerprint density at radius 3 is 2.75 bits per heavy atom. The minimum absolute atomic E-state index is 0.110. The van der Waals surface area contributed by atoms with Crippen LogP contribution in [0.1, 0.15) is 62.3 Å². The molecule has 166 valence electrons. The standard InChI is InChI=1S/C26H28N2O4/c1-4-26(31)12-23(29)32-14-19-20(26)11-22-24-18(13-28(22)25(19)30)16(10-9-15(2)3)17-7-5-6-8-21(17)27-24/h5-8,11,15,31H,4,9-10,12-14H2,1-3H3/t26-/m1/s1. The summed E-state index contributed by atoms with van der Waals surface area (Å²) in [5, 5.41) is 12.4. The number of cyclic esters (lactones) is 1. The molecule has 0 fully saturated rings. The molecule has 5 rings (SSSR count). The van der Waals surface area contributed by atoms with Crippen LogP contribution in [0.25, 0.3) is 22.3 Å². The number of aryl methyl sites for hydroxylation is 1. The fraction of sp³-hybridized carbons (Fsp3) is 0.423. The van der Waals surface area contributed by atoms with Crippen LogP contribution in [0.5, 0.6) is 0 Å². The van der Waals surface area contributed by atoms with Crippen molar-refractivity contribution in [1.82, 2.24) is 9.55 Å². The Balaban J connectivity index is 1.76. The summed E-state index contributed by atoms with van der Waals surface area (Å²) >= 11 is 0. The minimum Gasteiger partial charge on any atom is -0.460 e. The smallest absolute Gasteiger partial charge is 0.309 e. The van der Waals surface area contributed by atoms with Gasteiger partial charge in [-0.1, -0.05) is 39.0 Å². The van der Waals surface area contributed by atoms with Gasteiger partial charge in [-0.05, 0) is 48.4 Å². The Bertz CT molecular complexity index is 1310. The SMILES string of the molecule is CC[C@@]1(O)CC(=O)OCc2c1cc1n(c2=O)Cc2c-1nc1ccccc1c2CCC(C)C. The fourth-order valence-electron chi connectivity index (χ4n) is 5.03. The van der Waals surface area contributed by atoms with Gasteiger partial charge >= 0.3 is 5.97 Å². The highest BCUT2D eigenvalue weighted by Gasteiger charge is 2.39. The molecule has 0 unspecified atom stereocenters. The van der Waals surface area contributed by atoms with Crippen molar-refractivity contribution >= 4 is 16.9 Å². The highest BCUT2D eigenvalue weighted by atomic mass is 16.5. The number of aliphatic hydroxyl groups is 1. The molecule has 1 N–H and O–H groups in total. The third-order valence-corrected chi connectivity index (χ3v) is 6.94. The van der Waals surface area contributed by atoms with E-state index >= 15 is 0 Å². The summed E-state index contributed by atoms with van der Waals surface area (Å²) in [6, 6.07) is 9.98. The lowest BCUT2D eigenvalue weighted by Gasteiger charge is -2.26. The van der Waals surface area contributed by atoms with Crippen LogP contribution in [-0.2, 0) is 34.7 Å². The van der Waals surface area contributed by atoms with Gasteiger partial charge in [0.15, 0.2) is 0 Å². The average Bonchev–Trinajstić information content (AvgIpc) is 3.07. The first kappa shape index (κ1) is 20.9. The number of rotatable bonds is 4. The first-order chi connectivity index (χ1) is 15.3. The predicted octanol–water partition coefficient (Wildman–Crippen LogP) is 4.06. The summed E-state index contributed by atoms with van der Waals surface area (Å²) in [6.45, 7) is 6.58. The Kier molecular flexibility index (Phi) is 4.93. The largest absolute Gasteiger partial charge is 0.460 e. The molecular weight excluding hydrogens is 404 g/mol. The van der Waals surface area contributed by atoms with Crippen LogP contribution in [0.3, 0.4) is 0 Å². The van der Waals surface area contributed by atoms with E-state index in [-0.39, 0.29) is 18.6 Å². The monoisotopic (exact) mass is 432 g/mol.